The predicted octanol–water partition coefficient (Wildman–Crippen LogP) is 15.8. The van der Waals surface area contributed by atoms with Gasteiger partial charge in [-0.2, -0.15) is 0 Å². The number of nitrogens with zero attached hydrogens (tertiary/aromatic N) is 4. The van der Waals surface area contributed by atoms with Crippen LogP contribution in [0.25, 0.3) is 88.9 Å². The highest BCUT2D eigenvalue weighted by Gasteiger charge is 2.51. The molecule has 10 aromatic carbocycles. The van der Waals surface area contributed by atoms with E-state index in [9.17, 15) is 0 Å². The molecule has 1 spiro atoms. The van der Waals surface area contributed by atoms with Crippen molar-refractivity contribution in [2.75, 3.05) is 4.90 Å². The molecule has 0 aliphatic heterocycles. The fraction of sp³-hybridized carbons (Fsp3) is 0.0161. The molecule has 0 radical (unpaired) electrons. The summed E-state index contributed by atoms with van der Waals surface area (Å²) in [6, 6.07) is 83.8. The smallest absolute Gasteiger partial charge is 0.220 e. The first-order valence-corrected chi connectivity index (χ1v) is 23.0. The van der Waals surface area contributed by atoms with Crippen LogP contribution in [-0.2, 0) is 5.41 Å². The summed E-state index contributed by atoms with van der Waals surface area (Å²) >= 11 is 0. The van der Waals surface area contributed by atoms with Crippen LogP contribution in [0.15, 0.2) is 235 Å². The van der Waals surface area contributed by atoms with Crippen molar-refractivity contribution in [2.24, 2.45) is 0 Å². The summed E-state index contributed by atoms with van der Waals surface area (Å²) < 4.78 is 11.1. The highest BCUT2D eigenvalue weighted by Crippen LogP contribution is 2.63. The van der Waals surface area contributed by atoms with Gasteiger partial charge in [-0.05, 0) is 123 Å². The Bertz CT molecular complexity index is 4110. The van der Waals surface area contributed by atoms with Crippen LogP contribution in [0, 0.1) is 0 Å². The predicted molar refractivity (Wildman–Crippen MR) is 273 cm³/mol. The Kier molecular flexibility index (Phi) is 7.36. The standard InChI is InChI=1S/C62H38N4O/c1-2-15-40(16-3-1)65-57-36-34-43(38-58(57)66-56-27-12-11-26-55(56)63-61(65)66)64(41-31-29-39(30-32-41)44-21-14-22-50-49-20-7-13-28-59(49)67-60(44)50)42-33-35-48-47-19-6-10-25-53(47)62(54(48)37-42)51-23-8-4-17-45(51)46-18-5-9-24-52(46)62/h1-38H. The maximum atomic E-state index is 6.53. The zero-order valence-electron chi connectivity index (χ0n) is 36.1. The number of hydrogen-bond acceptors (Lipinski definition) is 3. The molecule has 67 heavy (non-hydrogen) atoms. The van der Waals surface area contributed by atoms with Gasteiger partial charge in [0.1, 0.15) is 11.2 Å². The Morgan fingerprint density at radius 3 is 1.75 bits per heavy atom. The van der Waals surface area contributed by atoms with Gasteiger partial charge in [-0.3, -0.25) is 8.97 Å². The van der Waals surface area contributed by atoms with Crippen molar-refractivity contribution < 1.29 is 4.42 Å². The van der Waals surface area contributed by atoms with Gasteiger partial charge < -0.3 is 9.32 Å². The van der Waals surface area contributed by atoms with Crippen LogP contribution in [0.2, 0.25) is 0 Å². The molecule has 0 N–H and O–H groups in total. The molecule has 15 rings (SSSR count). The average molecular weight is 855 g/mol. The molecule has 2 aliphatic carbocycles. The Morgan fingerprint density at radius 2 is 0.985 bits per heavy atom. The molecule has 0 saturated heterocycles. The molecular weight excluding hydrogens is 817 g/mol. The molecule has 3 heterocycles. The van der Waals surface area contributed by atoms with Crippen molar-refractivity contribution in [3.8, 4) is 39.1 Å². The summed E-state index contributed by atoms with van der Waals surface area (Å²) in [5, 5.41) is 2.25. The molecule has 312 valence electrons. The number of hydrogen-bond donors (Lipinski definition) is 0. The van der Waals surface area contributed by atoms with Crippen molar-refractivity contribution in [1.82, 2.24) is 14.0 Å². The molecule has 0 saturated carbocycles. The topological polar surface area (TPSA) is 38.6 Å². The maximum Gasteiger partial charge on any atom is 0.220 e. The van der Waals surface area contributed by atoms with Gasteiger partial charge in [0.2, 0.25) is 5.78 Å². The fourth-order valence-electron chi connectivity index (χ4n) is 11.8. The van der Waals surface area contributed by atoms with Gasteiger partial charge >= 0.3 is 0 Å². The third-order valence-corrected chi connectivity index (χ3v) is 14.5. The summed E-state index contributed by atoms with van der Waals surface area (Å²) in [5.41, 5.74) is 22.3. The highest BCUT2D eigenvalue weighted by molar-refractivity contribution is 6.09. The van der Waals surface area contributed by atoms with Crippen molar-refractivity contribution >= 4 is 66.8 Å². The lowest BCUT2D eigenvalue weighted by Crippen LogP contribution is -2.26. The second-order valence-corrected chi connectivity index (χ2v) is 17.9. The van der Waals surface area contributed by atoms with Crippen LogP contribution in [0.1, 0.15) is 22.3 Å². The SMILES string of the molecule is c1ccc(-n2c3ccc(N(c4ccc(-c5cccc6c5oc5ccccc56)cc4)c4ccc5c(c4)C4(c6ccccc6-c6ccccc64)c4ccccc4-5)cc3n3c4ccccc4nc23)cc1. The lowest BCUT2D eigenvalue weighted by Gasteiger charge is -2.32. The quantitative estimate of drug-likeness (QED) is 0.173. The average Bonchev–Trinajstić information content (AvgIpc) is 4.18. The summed E-state index contributed by atoms with van der Waals surface area (Å²) in [7, 11) is 0. The van der Waals surface area contributed by atoms with Crippen molar-refractivity contribution in [3.63, 3.8) is 0 Å². The van der Waals surface area contributed by atoms with Gasteiger partial charge in [-0.15, -0.1) is 0 Å². The summed E-state index contributed by atoms with van der Waals surface area (Å²) in [6.45, 7) is 0. The molecule has 0 atom stereocenters. The first-order chi connectivity index (χ1) is 33.2. The van der Waals surface area contributed by atoms with E-state index in [2.05, 4.69) is 232 Å². The second kappa shape index (κ2) is 13.6. The second-order valence-electron chi connectivity index (χ2n) is 17.9. The van der Waals surface area contributed by atoms with Crippen LogP contribution < -0.4 is 4.90 Å². The minimum Gasteiger partial charge on any atom is -0.455 e. The number of benzene rings is 10. The number of furan rings is 1. The van der Waals surface area contributed by atoms with E-state index >= 15 is 0 Å². The van der Waals surface area contributed by atoms with Crippen LogP contribution in [0.4, 0.5) is 17.1 Å². The minimum absolute atomic E-state index is 0.478. The fourth-order valence-corrected chi connectivity index (χ4v) is 11.8. The van der Waals surface area contributed by atoms with Crippen LogP contribution >= 0.6 is 0 Å². The van der Waals surface area contributed by atoms with E-state index in [-0.39, 0.29) is 0 Å². The molecule has 5 nitrogen and oxygen atoms in total. The summed E-state index contributed by atoms with van der Waals surface area (Å²) in [5.74, 6) is 0.881. The van der Waals surface area contributed by atoms with Crippen molar-refractivity contribution in [1.29, 1.82) is 0 Å². The van der Waals surface area contributed by atoms with E-state index < -0.39 is 5.41 Å². The van der Waals surface area contributed by atoms with Gasteiger partial charge in [-0.25, -0.2) is 4.98 Å². The largest absolute Gasteiger partial charge is 0.455 e. The van der Waals surface area contributed by atoms with Gasteiger partial charge in [0.15, 0.2) is 0 Å². The third kappa shape index (κ3) is 4.89. The van der Waals surface area contributed by atoms with Gasteiger partial charge in [-0.1, -0.05) is 158 Å². The molecule has 0 amide bonds. The Labute approximate surface area is 385 Å². The number of aromatic nitrogens is 3. The molecule has 13 aromatic rings. The van der Waals surface area contributed by atoms with Crippen LogP contribution in [-0.4, -0.2) is 14.0 Å². The summed E-state index contributed by atoms with van der Waals surface area (Å²) in [4.78, 5) is 7.66. The third-order valence-electron chi connectivity index (χ3n) is 14.5. The number of fused-ring (bicyclic) bond motifs is 18. The summed E-state index contributed by atoms with van der Waals surface area (Å²) in [6.07, 6.45) is 0. The van der Waals surface area contributed by atoms with E-state index in [0.717, 1.165) is 83.7 Å². The molecule has 2 aliphatic rings. The lowest BCUT2D eigenvalue weighted by atomic mass is 9.70. The van der Waals surface area contributed by atoms with Gasteiger partial charge in [0.05, 0.1) is 27.5 Å². The number of anilines is 3. The van der Waals surface area contributed by atoms with E-state index in [4.69, 9.17) is 9.40 Å². The first-order valence-electron chi connectivity index (χ1n) is 23.0. The minimum atomic E-state index is -0.478. The van der Waals surface area contributed by atoms with E-state index in [1.165, 1.54) is 44.5 Å². The van der Waals surface area contributed by atoms with Crippen LogP contribution in [0.3, 0.4) is 0 Å². The zero-order chi connectivity index (χ0) is 43.8. The molecule has 0 unspecified atom stereocenters. The number of rotatable bonds is 5. The number of imidazole rings is 2. The monoisotopic (exact) mass is 854 g/mol. The first kappa shape index (κ1) is 36.4. The Balaban J connectivity index is 0.980. The Morgan fingerprint density at radius 1 is 0.403 bits per heavy atom. The lowest BCUT2D eigenvalue weighted by molar-refractivity contribution is 0.670. The van der Waals surface area contributed by atoms with E-state index in [1.807, 2.05) is 12.1 Å². The van der Waals surface area contributed by atoms with Gasteiger partial charge in [0.25, 0.3) is 0 Å². The molecule has 3 aromatic heterocycles. The Hall–Kier alpha value is -8.93. The maximum absolute atomic E-state index is 6.53. The molecule has 0 bridgehead atoms. The molecular formula is C62H38N4O. The van der Waals surface area contributed by atoms with Crippen LogP contribution in [0.5, 0.6) is 0 Å². The van der Waals surface area contributed by atoms with E-state index in [1.54, 1.807) is 0 Å². The molecule has 5 heteroatoms. The van der Waals surface area contributed by atoms with Crippen molar-refractivity contribution in [3.05, 3.63) is 253 Å². The molecule has 0 fully saturated rings. The van der Waals surface area contributed by atoms with E-state index in [0.29, 0.717) is 0 Å². The number of para-hydroxylation sites is 5. The zero-order valence-corrected chi connectivity index (χ0v) is 36.1. The highest BCUT2D eigenvalue weighted by atomic mass is 16.3. The normalized spacial score (nSPS) is 13.2. The van der Waals surface area contributed by atoms with Gasteiger partial charge in [0, 0.05) is 39.1 Å². The van der Waals surface area contributed by atoms with Crippen molar-refractivity contribution in [2.45, 2.75) is 5.41 Å².